The second kappa shape index (κ2) is 9.72. The van der Waals surface area contributed by atoms with Crippen molar-refractivity contribution in [2.45, 2.75) is 13.0 Å². The number of rotatable bonds is 8. The number of hydrogen-bond donors (Lipinski definition) is 2. The van der Waals surface area contributed by atoms with E-state index in [4.69, 9.17) is 9.47 Å². The number of anilines is 2. The molecule has 2 heterocycles. The topological polar surface area (TPSA) is 88.6 Å². The Bertz CT molecular complexity index is 722. The van der Waals surface area contributed by atoms with Crippen molar-refractivity contribution in [2.24, 2.45) is 0 Å². The summed E-state index contributed by atoms with van der Waals surface area (Å²) in [5, 5.41) is 6.06. The summed E-state index contributed by atoms with van der Waals surface area (Å²) in [6, 6.07) is 11.2. The first-order valence-electron chi connectivity index (χ1n) is 9.10. The third-order valence-electron chi connectivity index (χ3n) is 4.14. The molecule has 144 valence electrons. The molecule has 0 radical (unpaired) electrons. The fourth-order valence-corrected chi connectivity index (χ4v) is 2.69. The summed E-state index contributed by atoms with van der Waals surface area (Å²) in [5.41, 5.74) is 0. The Morgan fingerprint density at radius 2 is 2.00 bits per heavy atom. The van der Waals surface area contributed by atoms with Crippen LogP contribution in [0, 0.1) is 0 Å². The van der Waals surface area contributed by atoms with E-state index in [9.17, 15) is 4.79 Å². The van der Waals surface area contributed by atoms with E-state index in [0.29, 0.717) is 32.1 Å². The predicted molar refractivity (Wildman–Crippen MR) is 103 cm³/mol. The van der Waals surface area contributed by atoms with Gasteiger partial charge in [0.2, 0.25) is 0 Å². The molecule has 0 bridgehead atoms. The second-order valence-corrected chi connectivity index (χ2v) is 6.15. The van der Waals surface area contributed by atoms with Gasteiger partial charge in [0, 0.05) is 32.2 Å². The van der Waals surface area contributed by atoms with Gasteiger partial charge in [0.25, 0.3) is 5.91 Å². The molecule has 1 aliphatic rings. The number of aromatic nitrogens is 2. The molecule has 0 saturated carbocycles. The first-order chi connectivity index (χ1) is 13.2. The molecule has 8 nitrogen and oxygen atoms in total. The Morgan fingerprint density at radius 3 is 2.78 bits per heavy atom. The van der Waals surface area contributed by atoms with Crippen molar-refractivity contribution in [1.29, 1.82) is 0 Å². The van der Waals surface area contributed by atoms with Crippen LogP contribution in [0.5, 0.6) is 5.75 Å². The fourth-order valence-electron chi connectivity index (χ4n) is 2.69. The highest BCUT2D eigenvalue weighted by molar-refractivity contribution is 5.80. The minimum atomic E-state index is -0.556. The van der Waals surface area contributed by atoms with E-state index in [-0.39, 0.29) is 5.91 Å². The molecule has 1 unspecified atom stereocenters. The molecule has 2 N–H and O–H groups in total. The maximum absolute atomic E-state index is 12.1. The third-order valence-corrected chi connectivity index (χ3v) is 4.14. The van der Waals surface area contributed by atoms with Crippen LogP contribution in [0.3, 0.4) is 0 Å². The summed E-state index contributed by atoms with van der Waals surface area (Å²) in [7, 11) is 0. The molecule has 8 heteroatoms. The minimum absolute atomic E-state index is 0.155. The zero-order valence-corrected chi connectivity index (χ0v) is 15.4. The monoisotopic (exact) mass is 371 g/mol. The molecule has 3 rings (SSSR count). The Balaban J connectivity index is 1.40. The lowest BCUT2D eigenvalue weighted by Crippen LogP contribution is -2.38. The van der Waals surface area contributed by atoms with Gasteiger partial charge >= 0.3 is 0 Å². The van der Waals surface area contributed by atoms with E-state index >= 15 is 0 Å². The molecule has 1 aromatic carbocycles. The number of morpholine rings is 1. The van der Waals surface area contributed by atoms with E-state index in [1.165, 1.54) is 0 Å². The van der Waals surface area contributed by atoms with E-state index in [0.717, 1.165) is 24.7 Å². The summed E-state index contributed by atoms with van der Waals surface area (Å²) in [6.45, 7) is 5.83. The number of carbonyl (C=O) groups is 1. The Kier molecular flexibility index (Phi) is 6.81. The maximum Gasteiger partial charge on any atom is 0.260 e. The van der Waals surface area contributed by atoms with Gasteiger partial charge in [-0.2, -0.15) is 0 Å². The highest BCUT2D eigenvalue weighted by Crippen LogP contribution is 2.15. The molecule has 1 aliphatic heterocycles. The summed E-state index contributed by atoms with van der Waals surface area (Å²) < 4.78 is 11.0. The SMILES string of the molecule is CC(Oc1ccccc1)C(=O)NCCNc1cc(N2CCOCC2)ncn1. The van der Waals surface area contributed by atoms with Crippen LogP contribution >= 0.6 is 0 Å². The van der Waals surface area contributed by atoms with Crippen LogP contribution in [-0.2, 0) is 9.53 Å². The Hall–Kier alpha value is -2.87. The Morgan fingerprint density at radius 1 is 1.22 bits per heavy atom. The standard InChI is InChI=1S/C19H25N5O3/c1-15(27-16-5-3-2-4-6-16)19(25)21-8-7-20-17-13-18(23-14-22-17)24-9-11-26-12-10-24/h2-6,13-15H,7-12H2,1H3,(H,21,25)(H,20,22,23). The molecule has 27 heavy (non-hydrogen) atoms. The van der Waals surface area contributed by atoms with Crippen LogP contribution in [-0.4, -0.2) is 61.4 Å². The minimum Gasteiger partial charge on any atom is -0.481 e. The van der Waals surface area contributed by atoms with Crippen LogP contribution in [0.15, 0.2) is 42.7 Å². The lowest BCUT2D eigenvalue weighted by Gasteiger charge is -2.27. The quantitative estimate of drug-likeness (QED) is 0.676. The molecule has 1 fully saturated rings. The first kappa shape index (κ1) is 18.9. The summed E-state index contributed by atoms with van der Waals surface area (Å²) in [5.74, 6) is 2.13. The van der Waals surface area contributed by atoms with Gasteiger partial charge in [-0.25, -0.2) is 9.97 Å². The van der Waals surface area contributed by atoms with Gasteiger partial charge < -0.3 is 25.0 Å². The summed E-state index contributed by atoms with van der Waals surface area (Å²) in [6.07, 6.45) is 0.987. The zero-order valence-electron chi connectivity index (χ0n) is 15.4. The largest absolute Gasteiger partial charge is 0.481 e. The molecule has 1 aromatic heterocycles. The third kappa shape index (κ3) is 5.82. The van der Waals surface area contributed by atoms with E-state index < -0.39 is 6.10 Å². The van der Waals surface area contributed by atoms with Crippen molar-refractivity contribution in [3.63, 3.8) is 0 Å². The number of carbonyl (C=O) groups excluding carboxylic acids is 1. The van der Waals surface area contributed by atoms with E-state index in [1.807, 2.05) is 36.4 Å². The average Bonchev–Trinajstić information content (AvgIpc) is 2.72. The van der Waals surface area contributed by atoms with Gasteiger partial charge in [-0.05, 0) is 19.1 Å². The molecular formula is C19H25N5O3. The van der Waals surface area contributed by atoms with Crippen molar-refractivity contribution < 1.29 is 14.3 Å². The van der Waals surface area contributed by atoms with E-state index in [1.54, 1.807) is 13.3 Å². The van der Waals surface area contributed by atoms with Gasteiger partial charge in [0.1, 0.15) is 23.7 Å². The number of amides is 1. The molecule has 2 aromatic rings. The first-order valence-corrected chi connectivity index (χ1v) is 9.10. The van der Waals surface area contributed by atoms with Crippen molar-refractivity contribution >= 4 is 17.5 Å². The van der Waals surface area contributed by atoms with Crippen molar-refractivity contribution in [3.05, 3.63) is 42.7 Å². The number of benzene rings is 1. The van der Waals surface area contributed by atoms with Crippen LogP contribution in [0.4, 0.5) is 11.6 Å². The molecule has 1 saturated heterocycles. The van der Waals surface area contributed by atoms with Gasteiger partial charge in [-0.3, -0.25) is 4.79 Å². The van der Waals surface area contributed by atoms with Crippen LogP contribution in [0.25, 0.3) is 0 Å². The second-order valence-electron chi connectivity index (χ2n) is 6.15. The van der Waals surface area contributed by atoms with Crippen molar-refractivity contribution in [2.75, 3.05) is 49.6 Å². The highest BCUT2D eigenvalue weighted by Gasteiger charge is 2.14. The highest BCUT2D eigenvalue weighted by atomic mass is 16.5. The average molecular weight is 371 g/mol. The number of para-hydroxylation sites is 1. The number of ether oxygens (including phenoxy) is 2. The zero-order chi connectivity index (χ0) is 18.9. The number of nitrogens with one attached hydrogen (secondary N) is 2. The lowest BCUT2D eigenvalue weighted by molar-refractivity contribution is -0.127. The normalized spacial score (nSPS) is 15.1. The number of nitrogens with zero attached hydrogens (tertiary/aromatic N) is 3. The van der Waals surface area contributed by atoms with E-state index in [2.05, 4.69) is 25.5 Å². The van der Waals surface area contributed by atoms with Crippen LogP contribution < -0.4 is 20.3 Å². The molecule has 1 atom stereocenters. The maximum atomic E-state index is 12.1. The molecule has 0 spiro atoms. The molecular weight excluding hydrogens is 346 g/mol. The van der Waals surface area contributed by atoms with Gasteiger partial charge in [0.15, 0.2) is 6.10 Å². The predicted octanol–water partition coefficient (Wildman–Crippen LogP) is 1.31. The summed E-state index contributed by atoms with van der Waals surface area (Å²) >= 11 is 0. The van der Waals surface area contributed by atoms with Crippen molar-refractivity contribution in [1.82, 2.24) is 15.3 Å². The van der Waals surface area contributed by atoms with Gasteiger partial charge in [-0.1, -0.05) is 18.2 Å². The van der Waals surface area contributed by atoms with Gasteiger partial charge in [-0.15, -0.1) is 0 Å². The molecule has 0 aliphatic carbocycles. The Labute approximate surface area is 158 Å². The number of hydrogen-bond acceptors (Lipinski definition) is 7. The lowest BCUT2D eigenvalue weighted by atomic mass is 10.3. The molecule has 1 amide bonds. The smallest absolute Gasteiger partial charge is 0.260 e. The van der Waals surface area contributed by atoms with Crippen molar-refractivity contribution in [3.8, 4) is 5.75 Å². The summed E-state index contributed by atoms with van der Waals surface area (Å²) in [4.78, 5) is 22.8. The van der Waals surface area contributed by atoms with Crippen LogP contribution in [0.1, 0.15) is 6.92 Å². The fraction of sp³-hybridized carbons (Fsp3) is 0.421. The van der Waals surface area contributed by atoms with Crippen LogP contribution in [0.2, 0.25) is 0 Å². The van der Waals surface area contributed by atoms with Gasteiger partial charge in [0.05, 0.1) is 13.2 Å².